The number of esters is 1. The van der Waals surface area contributed by atoms with E-state index in [1.807, 2.05) is 78.9 Å². The monoisotopic (exact) mass is 437 g/mol. The first-order chi connectivity index (χ1) is 16.1. The number of nitrogens with two attached hydrogens (primary N) is 1. The lowest BCUT2D eigenvalue weighted by atomic mass is 9.80. The number of methoxy groups -OCH3 is 1. The van der Waals surface area contributed by atoms with Crippen LogP contribution in [-0.2, 0) is 21.6 Å². The highest BCUT2D eigenvalue weighted by Crippen LogP contribution is 2.41. The largest absolute Gasteiger partial charge is 0.473 e. The van der Waals surface area contributed by atoms with Gasteiger partial charge in [0.25, 0.3) is 0 Å². The minimum absolute atomic E-state index is 0.397. The standard InChI is InChI=1S/C29H27NO3/c1-32-28(31)27(30)21-22-17-19-26(20-18-22)33-29(23-11-5-2-6-12-23,24-13-7-3-8-14-24)25-15-9-4-10-16-25/h2-20,27H,21,30H2,1H3/t27-/m1/s1. The zero-order valence-electron chi connectivity index (χ0n) is 18.6. The highest BCUT2D eigenvalue weighted by Gasteiger charge is 2.38. The van der Waals surface area contributed by atoms with Crippen LogP contribution in [0.4, 0.5) is 0 Å². The maximum Gasteiger partial charge on any atom is 0.322 e. The molecule has 0 aliphatic rings. The Morgan fingerprint density at radius 1 is 0.727 bits per heavy atom. The summed E-state index contributed by atoms with van der Waals surface area (Å²) in [5, 5.41) is 0. The molecule has 0 saturated carbocycles. The average molecular weight is 438 g/mol. The number of hydrogen-bond acceptors (Lipinski definition) is 4. The summed E-state index contributed by atoms with van der Waals surface area (Å²) in [6.45, 7) is 0. The van der Waals surface area contributed by atoms with Gasteiger partial charge in [-0.05, 0) is 24.1 Å². The van der Waals surface area contributed by atoms with Crippen molar-refractivity contribution in [3.63, 3.8) is 0 Å². The molecule has 4 nitrogen and oxygen atoms in total. The Balaban J connectivity index is 1.77. The van der Waals surface area contributed by atoms with Crippen molar-refractivity contribution in [3.05, 3.63) is 138 Å². The topological polar surface area (TPSA) is 61.5 Å². The Labute approximate surface area is 194 Å². The molecule has 0 aromatic heterocycles. The van der Waals surface area contributed by atoms with Crippen LogP contribution in [0, 0.1) is 0 Å². The van der Waals surface area contributed by atoms with Crippen LogP contribution in [0.5, 0.6) is 5.75 Å². The summed E-state index contributed by atoms with van der Waals surface area (Å²) in [6.07, 6.45) is 0.397. The Hall–Kier alpha value is -3.89. The van der Waals surface area contributed by atoms with Gasteiger partial charge in [-0.1, -0.05) is 103 Å². The molecule has 2 N–H and O–H groups in total. The lowest BCUT2D eigenvalue weighted by Gasteiger charge is -2.36. The molecule has 0 spiro atoms. The summed E-state index contributed by atoms with van der Waals surface area (Å²) in [4.78, 5) is 11.7. The van der Waals surface area contributed by atoms with E-state index in [9.17, 15) is 4.79 Å². The molecule has 0 bridgehead atoms. The molecule has 0 aliphatic heterocycles. The van der Waals surface area contributed by atoms with E-state index in [-0.39, 0.29) is 0 Å². The van der Waals surface area contributed by atoms with Crippen molar-refractivity contribution in [2.45, 2.75) is 18.1 Å². The first-order valence-electron chi connectivity index (χ1n) is 10.9. The molecule has 0 heterocycles. The molecule has 1 atom stereocenters. The third-order valence-corrected chi connectivity index (χ3v) is 5.69. The number of carbonyl (C=O) groups excluding carboxylic acids is 1. The van der Waals surface area contributed by atoms with Crippen LogP contribution in [0.25, 0.3) is 0 Å². The van der Waals surface area contributed by atoms with E-state index in [2.05, 4.69) is 36.4 Å². The van der Waals surface area contributed by atoms with Gasteiger partial charge in [0, 0.05) is 16.7 Å². The quantitative estimate of drug-likeness (QED) is 0.308. The van der Waals surface area contributed by atoms with Crippen molar-refractivity contribution in [1.29, 1.82) is 0 Å². The summed E-state index contributed by atoms with van der Waals surface area (Å²) in [7, 11) is 1.34. The maximum atomic E-state index is 11.7. The fraction of sp³-hybridized carbons (Fsp3) is 0.138. The molecule has 4 aromatic carbocycles. The first kappa shape index (κ1) is 22.3. The highest BCUT2D eigenvalue weighted by molar-refractivity contribution is 5.75. The van der Waals surface area contributed by atoms with E-state index >= 15 is 0 Å². The van der Waals surface area contributed by atoms with Crippen molar-refractivity contribution in [2.75, 3.05) is 7.11 Å². The summed E-state index contributed by atoms with van der Waals surface area (Å²) < 4.78 is 11.6. The zero-order chi connectivity index (χ0) is 23.1. The van der Waals surface area contributed by atoms with Gasteiger partial charge in [0.15, 0.2) is 5.60 Å². The molecule has 0 fully saturated rings. The van der Waals surface area contributed by atoms with Crippen molar-refractivity contribution in [1.82, 2.24) is 0 Å². The van der Waals surface area contributed by atoms with E-state index < -0.39 is 17.6 Å². The lowest BCUT2D eigenvalue weighted by Crippen LogP contribution is -2.36. The molecule has 0 aliphatic carbocycles. The second kappa shape index (κ2) is 10.2. The summed E-state index contributed by atoms with van der Waals surface area (Å²) >= 11 is 0. The third kappa shape index (κ3) is 4.81. The van der Waals surface area contributed by atoms with Gasteiger partial charge in [0.05, 0.1) is 7.11 Å². The summed E-state index contributed by atoms with van der Waals surface area (Å²) in [6, 6.07) is 37.7. The van der Waals surface area contributed by atoms with Crippen molar-refractivity contribution in [2.24, 2.45) is 5.73 Å². The molecule has 4 rings (SSSR count). The van der Waals surface area contributed by atoms with Gasteiger partial charge in [-0.15, -0.1) is 0 Å². The maximum absolute atomic E-state index is 11.7. The molecule has 33 heavy (non-hydrogen) atoms. The van der Waals surface area contributed by atoms with Gasteiger partial charge in [0.2, 0.25) is 0 Å². The molecule has 0 unspecified atom stereocenters. The molecule has 0 saturated heterocycles. The molecular formula is C29H27NO3. The van der Waals surface area contributed by atoms with Gasteiger partial charge >= 0.3 is 5.97 Å². The molecule has 0 radical (unpaired) electrons. The fourth-order valence-electron chi connectivity index (χ4n) is 4.05. The molecule has 0 amide bonds. The molecule has 166 valence electrons. The predicted octanol–water partition coefficient (Wildman–Crippen LogP) is 5.10. The third-order valence-electron chi connectivity index (χ3n) is 5.69. The van der Waals surface area contributed by atoms with Gasteiger partial charge in [-0.2, -0.15) is 0 Å². The molecular weight excluding hydrogens is 410 g/mol. The SMILES string of the molecule is COC(=O)[C@H](N)Cc1ccc(OC(c2ccccc2)(c2ccccc2)c2ccccc2)cc1. The number of benzene rings is 4. The Kier molecular flexibility index (Phi) is 6.86. The Morgan fingerprint density at radius 2 is 1.15 bits per heavy atom. The van der Waals surface area contributed by atoms with E-state index in [0.29, 0.717) is 12.2 Å². The van der Waals surface area contributed by atoms with Gasteiger partial charge in [0.1, 0.15) is 11.8 Å². The normalized spacial score (nSPS) is 12.1. The number of hydrogen-bond donors (Lipinski definition) is 1. The van der Waals surface area contributed by atoms with E-state index in [4.69, 9.17) is 15.2 Å². The van der Waals surface area contributed by atoms with Crippen molar-refractivity contribution in [3.8, 4) is 5.75 Å². The van der Waals surface area contributed by atoms with Crippen LogP contribution < -0.4 is 10.5 Å². The second-order valence-corrected chi connectivity index (χ2v) is 7.86. The van der Waals surface area contributed by atoms with Gasteiger partial charge in [-0.25, -0.2) is 0 Å². The number of rotatable bonds is 8. The number of ether oxygens (including phenoxy) is 2. The highest BCUT2D eigenvalue weighted by atomic mass is 16.5. The lowest BCUT2D eigenvalue weighted by molar-refractivity contribution is -0.142. The first-order valence-corrected chi connectivity index (χ1v) is 10.9. The second-order valence-electron chi connectivity index (χ2n) is 7.86. The van der Waals surface area contributed by atoms with Crippen LogP contribution in [-0.4, -0.2) is 19.1 Å². The van der Waals surface area contributed by atoms with Crippen LogP contribution in [0.3, 0.4) is 0 Å². The van der Waals surface area contributed by atoms with Crippen molar-refractivity contribution >= 4 is 5.97 Å². The smallest absolute Gasteiger partial charge is 0.322 e. The zero-order valence-corrected chi connectivity index (χ0v) is 18.6. The van der Waals surface area contributed by atoms with Crippen molar-refractivity contribution < 1.29 is 14.3 Å². The van der Waals surface area contributed by atoms with Crippen LogP contribution >= 0.6 is 0 Å². The summed E-state index contributed by atoms with van der Waals surface area (Å²) in [5.41, 5.74) is 9.10. The minimum Gasteiger partial charge on any atom is -0.473 e. The molecule has 4 heteroatoms. The Bertz CT molecular complexity index is 1060. The van der Waals surface area contributed by atoms with E-state index in [1.54, 1.807) is 0 Å². The summed E-state index contributed by atoms with van der Waals surface area (Å²) in [5.74, 6) is 0.286. The fourth-order valence-corrected chi connectivity index (χ4v) is 4.05. The van der Waals surface area contributed by atoms with Crippen LogP contribution in [0.15, 0.2) is 115 Å². The van der Waals surface area contributed by atoms with Crippen LogP contribution in [0.1, 0.15) is 22.3 Å². The van der Waals surface area contributed by atoms with E-state index in [1.165, 1.54) is 7.11 Å². The minimum atomic E-state index is -0.840. The average Bonchev–Trinajstić information content (AvgIpc) is 2.89. The number of carbonyl (C=O) groups is 1. The Morgan fingerprint density at radius 3 is 1.55 bits per heavy atom. The van der Waals surface area contributed by atoms with E-state index in [0.717, 1.165) is 22.3 Å². The van der Waals surface area contributed by atoms with Gasteiger partial charge in [-0.3, -0.25) is 4.79 Å². The van der Waals surface area contributed by atoms with Crippen LogP contribution in [0.2, 0.25) is 0 Å². The predicted molar refractivity (Wildman–Crippen MR) is 130 cm³/mol. The van der Waals surface area contributed by atoms with Gasteiger partial charge < -0.3 is 15.2 Å². The molecule has 4 aromatic rings.